The fourth-order valence-electron chi connectivity index (χ4n) is 2.29. The van der Waals surface area contributed by atoms with Crippen LogP contribution in [0.4, 0.5) is 5.69 Å². The molecular weight excluding hydrogens is 322 g/mol. The molecule has 0 N–H and O–H groups in total. The van der Waals surface area contributed by atoms with Gasteiger partial charge in [0.05, 0.1) is 18.4 Å². The van der Waals surface area contributed by atoms with Gasteiger partial charge in [0.2, 0.25) is 0 Å². The highest BCUT2D eigenvalue weighted by molar-refractivity contribution is 7.09. The first-order valence-electron chi connectivity index (χ1n) is 7.62. The Bertz CT molecular complexity index is 794. The summed E-state index contributed by atoms with van der Waals surface area (Å²) in [6.45, 7) is 2.52. The average Bonchev–Trinajstić information content (AvgIpc) is 3.23. The van der Waals surface area contributed by atoms with Gasteiger partial charge in [-0.05, 0) is 30.5 Å². The van der Waals surface area contributed by atoms with E-state index in [1.807, 2.05) is 61.9 Å². The molecular formula is C18H19N3O2S. The van der Waals surface area contributed by atoms with Crippen molar-refractivity contribution >= 4 is 22.9 Å². The van der Waals surface area contributed by atoms with Gasteiger partial charge < -0.3 is 9.64 Å². The molecule has 24 heavy (non-hydrogen) atoms. The van der Waals surface area contributed by atoms with E-state index < -0.39 is 0 Å². The molecule has 1 amide bonds. The molecule has 0 fully saturated rings. The molecule has 0 aliphatic carbocycles. The molecule has 3 rings (SSSR count). The monoisotopic (exact) mass is 341 g/mol. The van der Waals surface area contributed by atoms with Crippen LogP contribution >= 0.6 is 11.3 Å². The Hall–Kier alpha value is -2.60. The van der Waals surface area contributed by atoms with Crippen LogP contribution in [-0.2, 0) is 18.4 Å². The Morgan fingerprint density at radius 3 is 2.71 bits per heavy atom. The van der Waals surface area contributed by atoms with E-state index in [-0.39, 0.29) is 12.5 Å². The van der Waals surface area contributed by atoms with E-state index in [0.717, 1.165) is 16.1 Å². The van der Waals surface area contributed by atoms with Crippen LogP contribution in [0.5, 0.6) is 5.75 Å². The quantitative estimate of drug-likeness (QED) is 0.690. The average molecular weight is 341 g/mol. The van der Waals surface area contributed by atoms with Crippen LogP contribution in [0.2, 0.25) is 0 Å². The number of hydrogen-bond donors (Lipinski definition) is 0. The van der Waals surface area contributed by atoms with Gasteiger partial charge in [0, 0.05) is 18.1 Å². The van der Waals surface area contributed by atoms with E-state index >= 15 is 0 Å². The Labute approximate surface area is 145 Å². The summed E-state index contributed by atoms with van der Waals surface area (Å²) in [4.78, 5) is 15.5. The van der Waals surface area contributed by atoms with Gasteiger partial charge in [0.25, 0.3) is 5.91 Å². The molecule has 3 aromatic rings. The highest BCUT2D eigenvalue weighted by Crippen LogP contribution is 2.20. The lowest BCUT2D eigenvalue weighted by atomic mass is 10.2. The molecule has 0 saturated heterocycles. The normalized spacial score (nSPS) is 10.6. The number of thiophene rings is 1. The summed E-state index contributed by atoms with van der Waals surface area (Å²) in [7, 11) is 1.83. The molecule has 2 aromatic heterocycles. The lowest BCUT2D eigenvalue weighted by Crippen LogP contribution is -2.34. The summed E-state index contributed by atoms with van der Waals surface area (Å²) in [5, 5.41) is 6.17. The highest BCUT2D eigenvalue weighted by Gasteiger charge is 2.19. The van der Waals surface area contributed by atoms with E-state index in [1.165, 1.54) is 0 Å². The minimum Gasteiger partial charge on any atom is -0.484 e. The summed E-state index contributed by atoms with van der Waals surface area (Å²) in [6.07, 6.45) is 3.52. The maximum atomic E-state index is 12.7. The smallest absolute Gasteiger partial charge is 0.265 e. The van der Waals surface area contributed by atoms with Gasteiger partial charge in [0.15, 0.2) is 6.61 Å². The number of nitrogens with zero attached hydrogens (tertiary/aromatic N) is 3. The molecule has 0 spiro atoms. The SMILES string of the molecule is Cc1ccc(OCC(=O)N(Cc2cccs2)c2cnn(C)c2)cc1. The summed E-state index contributed by atoms with van der Waals surface area (Å²) < 4.78 is 7.32. The second-order valence-electron chi connectivity index (χ2n) is 5.53. The number of aryl methyl sites for hydroxylation is 2. The molecule has 2 heterocycles. The van der Waals surface area contributed by atoms with Crippen LogP contribution in [0, 0.1) is 6.92 Å². The van der Waals surface area contributed by atoms with Crippen LogP contribution in [-0.4, -0.2) is 22.3 Å². The largest absolute Gasteiger partial charge is 0.484 e. The van der Waals surface area contributed by atoms with Crippen LogP contribution in [0.15, 0.2) is 54.2 Å². The first-order valence-corrected chi connectivity index (χ1v) is 8.50. The lowest BCUT2D eigenvalue weighted by molar-refractivity contribution is -0.120. The van der Waals surface area contributed by atoms with Crippen molar-refractivity contribution in [1.29, 1.82) is 0 Å². The van der Waals surface area contributed by atoms with Gasteiger partial charge in [-0.1, -0.05) is 23.8 Å². The van der Waals surface area contributed by atoms with Gasteiger partial charge in [0.1, 0.15) is 5.75 Å². The Morgan fingerprint density at radius 2 is 2.08 bits per heavy atom. The lowest BCUT2D eigenvalue weighted by Gasteiger charge is -2.20. The molecule has 0 radical (unpaired) electrons. The van der Waals surface area contributed by atoms with E-state index in [9.17, 15) is 4.79 Å². The Kier molecular flexibility index (Phi) is 4.96. The van der Waals surface area contributed by atoms with Crippen molar-refractivity contribution in [2.75, 3.05) is 11.5 Å². The van der Waals surface area contributed by atoms with Gasteiger partial charge in [-0.25, -0.2) is 0 Å². The summed E-state index contributed by atoms with van der Waals surface area (Å²) in [5.74, 6) is 0.591. The number of rotatable bonds is 6. The number of aromatic nitrogens is 2. The van der Waals surface area contributed by atoms with Crippen molar-refractivity contribution < 1.29 is 9.53 Å². The molecule has 0 aliphatic heterocycles. The third-order valence-corrected chi connectivity index (χ3v) is 4.44. The van der Waals surface area contributed by atoms with Gasteiger partial charge in [-0.3, -0.25) is 9.48 Å². The highest BCUT2D eigenvalue weighted by atomic mass is 32.1. The molecule has 0 unspecified atom stereocenters. The summed E-state index contributed by atoms with van der Waals surface area (Å²) >= 11 is 1.62. The minimum atomic E-state index is -0.100. The number of carbonyl (C=O) groups excluding carboxylic acids is 1. The molecule has 124 valence electrons. The third-order valence-electron chi connectivity index (χ3n) is 3.58. The minimum absolute atomic E-state index is 0.0106. The molecule has 0 bridgehead atoms. The van der Waals surface area contributed by atoms with Gasteiger partial charge in [-0.15, -0.1) is 11.3 Å². The molecule has 0 atom stereocenters. The number of amides is 1. The van der Waals surface area contributed by atoms with Gasteiger partial charge in [-0.2, -0.15) is 5.10 Å². The fraction of sp³-hybridized carbons (Fsp3) is 0.222. The molecule has 1 aromatic carbocycles. The van der Waals surface area contributed by atoms with E-state index in [2.05, 4.69) is 5.10 Å². The first kappa shape index (κ1) is 16.3. The van der Waals surface area contributed by atoms with Crippen molar-refractivity contribution in [3.63, 3.8) is 0 Å². The number of anilines is 1. The van der Waals surface area contributed by atoms with Crippen molar-refractivity contribution in [3.8, 4) is 5.75 Å². The fourth-order valence-corrected chi connectivity index (χ4v) is 2.98. The molecule has 5 nitrogen and oxygen atoms in total. The Balaban J connectivity index is 1.71. The Morgan fingerprint density at radius 1 is 1.29 bits per heavy atom. The van der Waals surface area contributed by atoms with Crippen molar-refractivity contribution in [1.82, 2.24) is 9.78 Å². The van der Waals surface area contributed by atoms with Crippen molar-refractivity contribution in [2.24, 2.45) is 7.05 Å². The second-order valence-corrected chi connectivity index (χ2v) is 6.57. The maximum absolute atomic E-state index is 12.7. The zero-order valence-corrected chi connectivity index (χ0v) is 14.5. The zero-order chi connectivity index (χ0) is 16.9. The van der Waals surface area contributed by atoms with Gasteiger partial charge >= 0.3 is 0 Å². The van der Waals surface area contributed by atoms with Crippen LogP contribution in [0.25, 0.3) is 0 Å². The topological polar surface area (TPSA) is 47.4 Å². The molecule has 6 heteroatoms. The van der Waals surface area contributed by atoms with E-state index in [4.69, 9.17) is 4.74 Å². The number of hydrogen-bond acceptors (Lipinski definition) is 4. The van der Waals surface area contributed by atoms with Crippen LogP contribution in [0.3, 0.4) is 0 Å². The standard InChI is InChI=1S/C18H19N3O2S/c1-14-5-7-16(8-6-14)23-13-18(22)21(12-17-4-3-9-24-17)15-10-19-20(2)11-15/h3-11H,12-13H2,1-2H3. The molecule has 0 aliphatic rings. The second kappa shape index (κ2) is 7.31. The van der Waals surface area contributed by atoms with Crippen LogP contribution in [0.1, 0.15) is 10.4 Å². The molecule has 0 saturated carbocycles. The van der Waals surface area contributed by atoms with Crippen LogP contribution < -0.4 is 9.64 Å². The maximum Gasteiger partial charge on any atom is 0.265 e. The number of benzene rings is 1. The summed E-state index contributed by atoms with van der Waals surface area (Å²) in [5.41, 5.74) is 1.92. The van der Waals surface area contributed by atoms with E-state index in [1.54, 1.807) is 27.1 Å². The predicted octanol–water partition coefficient (Wildman–Crippen LogP) is 3.40. The predicted molar refractivity (Wildman–Crippen MR) is 95.4 cm³/mol. The van der Waals surface area contributed by atoms with Crippen molar-refractivity contribution in [2.45, 2.75) is 13.5 Å². The number of carbonyl (C=O) groups is 1. The summed E-state index contributed by atoms with van der Waals surface area (Å²) in [6, 6.07) is 11.7. The first-order chi connectivity index (χ1) is 11.6. The van der Waals surface area contributed by atoms with Crippen molar-refractivity contribution in [3.05, 3.63) is 64.6 Å². The third kappa shape index (κ3) is 4.02. The number of ether oxygens (including phenoxy) is 1. The zero-order valence-electron chi connectivity index (χ0n) is 13.7. The van der Waals surface area contributed by atoms with E-state index in [0.29, 0.717) is 12.3 Å².